The number of nitrogens with zero attached hydrogens (tertiary/aromatic N) is 3. The maximum Gasteiger partial charge on any atom is 0.235 e. The van der Waals surface area contributed by atoms with Crippen molar-refractivity contribution in [3.63, 3.8) is 0 Å². The molecule has 0 radical (unpaired) electrons. The summed E-state index contributed by atoms with van der Waals surface area (Å²) in [6.07, 6.45) is 0. The first-order valence-corrected chi connectivity index (χ1v) is 13.0. The zero-order valence-corrected chi connectivity index (χ0v) is 20.9. The van der Waals surface area contributed by atoms with E-state index in [4.69, 9.17) is 9.97 Å². The van der Waals surface area contributed by atoms with Gasteiger partial charge in [-0.1, -0.05) is 109 Å². The molecule has 1 aliphatic rings. The Morgan fingerprint density at radius 3 is 1.92 bits per heavy atom. The SMILES string of the molecule is Cc1c2c3c(cccc3n1-c1nc(-c3ccccc3)c3ccccc3n1)-c1ccccc1-c1ccccc1-2. The third-order valence-corrected chi connectivity index (χ3v) is 7.77. The van der Waals surface area contributed by atoms with Gasteiger partial charge in [-0.25, -0.2) is 9.97 Å². The third-order valence-electron chi connectivity index (χ3n) is 7.77. The Kier molecular flexibility index (Phi) is 4.44. The van der Waals surface area contributed by atoms with Crippen molar-refractivity contribution in [1.29, 1.82) is 0 Å². The van der Waals surface area contributed by atoms with Crippen molar-refractivity contribution in [2.75, 3.05) is 0 Å². The normalized spacial score (nSPS) is 11.8. The van der Waals surface area contributed by atoms with Crippen LogP contribution in [-0.2, 0) is 0 Å². The van der Waals surface area contributed by atoms with Gasteiger partial charge >= 0.3 is 0 Å². The number of benzene rings is 5. The van der Waals surface area contributed by atoms with Crippen LogP contribution in [-0.4, -0.2) is 14.5 Å². The third kappa shape index (κ3) is 2.90. The van der Waals surface area contributed by atoms with E-state index in [0.29, 0.717) is 5.95 Å². The summed E-state index contributed by atoms with van der Waals surface area (Å²) in [4.78, 5) is 10.3. The summed E-state index contributed by atoms with van der Waals surface area (Å²) in [7, 11) is 0. The van der Waals surface area contributed by atoms with Gasteiger partial charge in [-0.05, 0) is 46.9 Å². The number of fused-ring (bicyclic) bond motifs is 6. The Labute approximate surface area is 220 Å². The molecule has 0 saturated carbocycles. The van der Waals surface area contributed by atoms with Gasteiger partial charge in [0.15, 0.2) is 0 Å². The molecule has 0 unspecified atom stereocenters. The number of rotatable bonds is 2. The van der Waals surface area contributed by atoms with Crippen LogP contribution in [0.4, 0.5) is 0 Å². The molecule has 0 saturated heterocycles. The minimum atomic E-state index is 0.694. The molecule has 38 heavy (non-hydrogen) atoms. The Morgan fingerprint density at radius 2 is 1.13 bits per heavy atom. The highest BCUT2D eigenvalue weighted by atomic mass is 15.2. The zero-order valence-electron chi connectivity index (χ0n) is 20.9. The molecule has 7 aromatic rings. The van der Waals surface area contributed by atoms with E-state index >= 15 is 0 Å². The van der Waals surface area contributed by atoms with Crippen LogP contribution in [0, 0.1) is 6.92 Å². The van der Waals surface area contributed by atoms with Crippen molar-refractivity contribution in [2.45, 2.75) is 6.92 Å². The van der Waals surface area contributed by atoms with Gasteiger partial charge in [0.25, 0.3) is 0 Å². The van der Waals surface area contributed by atoms with Crippen LogP contribution in [0.15, 0.2) is 121 Å². The smallest absolute Gasteiger partial charge is 0.235 e. The largest absolute Gasteiger partial charge is 0.282 e. The summed E-state index contributed by atoms with van der Waals surface area (Å²) < 4.78 is 2.25. The molecule has 0 N–H and O–H groups in total. The van der Waals surface area contributed by atoms with Crippen molar-refractivity contribution < 1.29 is 0 Å². The van der Waals surface area contributed by atoms with Gasteiger partial charge in [-0.2, -0.15) is 0 Å². The van der Waals surface area contributed by atoms with E-state index in [1.807, 2.05) is 12.1 Å². The van der Waals surface area contributed by atoms with E-state index < -0.39 is 0 Å². The summed E-state index contributed by atoms with van der Waals surface area (Å²) >= 11 is 0. The molecule has 0 bridgehead atoms. The predicted octanol–water partition coefficient (Wildman–Crippen LogP) is 8.86. The molecule has 0 aliphatic heterocycles. The summed E-state index contributed by atoms with van der Waals surface area (Å²) in [5.41, 5.74) is 12.8. The van der Waals surface area contributed by atoms with Gasteiger partial charge < -0.3 is 0 Å². The molecular weight excluding hydrogens is 462 g/mol. The molecule has 3 nitrogen and oxygen atoms in total. The first-order chi connectivity index (χ1) is 18.8. The molecule has 0 fully saturated rings. The van der Waals surface area contributed by atoms with Gasteiger partial charge in [-0.15, -0.1) is 0 Å². The van der Waals surface area contributed by atoms with Crippen molar-refractivity contribution in [2.24, 2.45) is 0 Å². The zero-order chi connectivity index (χ0) is 25.2. The molecule has 2 aromatic heterocycles. The summed E-state index contributed by atoms with van der Waals surface area (Å²) in [6.45, 7) is 2.20. The molecule has 3 heteroatoms. The second-order valence-electron chi connectivity index (χ2n) is 9.84. The number of para-hydroxylation sites is 1. The molecule has 0 atom stereocenters. The first kappa shape index (κ1) is 21.1. The molecule has 1 aliphatic carbocycles. The first-order valence-electron chi connectivity index (χ1n) is 13.0. The fraction of sp³-hybridized carbons (Fsp3) is 0.0286. The van der Waals surface area contributed by atoms with E-state index in [9.17, 15) is 0 Å². The van der Waals surface area contributed by atoms with E-state index in [-0.39, 0.29) is 0 Å². The van der Waals surface area contributed by atoms with Crippen LogP contribution in [0.25, 0.3) is 72.4 Å². The minimum Gasteiger partial charge on any atom is -0.282 e. The predicted molar refractivity (Wildman–Crippen MR) is 156 cm³/mol. The number of hydrogen-bond donors (Lipinski definition) is 0. The van der Waals surface area contributed by atoms with Crippen LogP contribution in [0.5, 0.6) is 0 Å². The Hall–Kier alpha value is -5.02. The van der Waals surface area contributed by atoms with Crippen LogP contribution in [0.2, 0.25) is 0 Å². The molecule has 0 spiro atoms. The lowest BCUT2D eigenvalue weighted by Crippen LogP contribution is -2.05. The number of hydrogen-bond acceptors (Lipinski definition) is 2. The van der Waals surface area contributed by atoms with Crippen LogP contribution < -0.4 is 0 Å². The highest BCUT2D eigenvalue weighted by Gasteiger charge is 2.27. The van der Waals surface area contributed by atoms with Crippen molar-refractivity contribution >= 4 is 21.8 Å². The van der Waals surface area contributed by atoms with Crippen molar-refractivity contribution in [3.05, 3.63) is 127 Å². The van der Waals surface area contributed by atoms with Gasteiger partial charge in [0, 0.05) is 27.6 Å². The monoisotopic (exact) mass is 485 g/mol. The standard InChI is InChI=1S/C35H23N3/c1-22-32-27-17-8-7-15-25(27)24-14-5-6-16-26(24)28-19-11-21-31(33(28)32)38(22)35-36-30-20-10-9-18-29(30)34(37-35)23-12-3-2-4-13-23/h2-21H,1H3. The topological polar surface area (TPSA) is 30.7 Å². The number of aromatic nitrogens is 3. The Morgan fingerprint density at radius 1 is 0.526 bits per heavy atom. The fourth-order valence-corrected chi connectivity index (χ4v) is 6.14. The molecular formula is C35H23N3. The fourth-order valence-electron chi connectivity index (χ4n) is 6.14. The van der Waals surface area contributed by atoms with Gasteiger partial charge in [0.05, 0.1) is 16.7 Å². The molecule has 2 heterocycles. The highest BCUT2D eigenvalue weighted by Crippen LogP contribution is 2.50. The van der Waals surface area contributed by atoms with E-state index in [2.05, 4.69) is 121 Å². The van der Waals surface area contributed by atoms with E-state index in [0.717, 1.165) is 33.4 Å². The van der Waals surface area contributed by atoms with Gasteiger partial charge in [0.2, 0.25) is 5.95 Å². The van der Waals surface area contributed by atoms with Crippen molar-refractivity contribution in [1.82, 2.24) is 14.5 Å². The minimum absolute atomic E-state index is 0.694. The quantitative estimate of drug-likeness (QED) is 0.245. The second-order valence-corrected chi connectivity index (χ2v) is 9.84. The van der Waals surface area contributed by atoms with Crippen LogP contribution in [0.3, 0.4) is 0 Å². The van der Waals surface area contributed by atoms with Crippen LogP contribution >= 0.6 is 0 Å². The summed E-state index contributed by atoms with van der Waals surface area (Å²) in [6, 6.07) is 42.8. The molecule has 178 valence electrons. The summed E-state index contributed by atoms with van der Waals surface area (Å²) in [5, 5.41) is 2.30. The molecule has 0 amide bonds. The van der Waals surface area contributed by atoms with Crippen molar-refractivity contribution in [3.8, 4) is 50.6 Å². The average molecular weight is 486 g/mol. The average Bonchev–Trinajstić information content (AvgIpc) is 3.21. The highest BCUT2D eigenvalue weighted by molar-refractivity contribution is 6.14. The molecule has 8 rings (SSSR count). The lowest BCUT2D eigenvalue weighted by atomic mass is 9.94. The lowest BCUT2D eigenvalue weighted by molar-refractivity contribution is 0.947. The molecule has 5 aromatic carbocycles. The maximum absolute atomic E-state index is 5.23. The van der Waals surface area contributed by atoms with E-state index in [1.165, 1.54) is 38.8 Å². The summed E-state index contributed by atoms with van der Waals surface area (Å²) in [5.74, 6) is 0.694. The van der Waals surface area contributed by atoms with Gasteiger partial charge in [-0.3, -0.25) is 4.57 Å². The van der Waals surface area contributed by atoms with Crippen LogP contribution in [0.1, 0.15) is 5.69 Å². The van der Waals surface area contributed by atoms with Gasteiger partial charge in [0.1, 0.15) is 0 Å². The van der Waals surface area contributed by atoms with E-state index in [1.54, 1.807) is 0 Å². The lowest BCUT2D eigenvalue weighted by Gasteiger charge is -2.14. The Balaban J connectivity index is 1.51. The second kappa shape index (κ2) is 7.99. The maximum atomic E-state index is 5.23. The Bertz CT molecular complexity index is 2030.